The Labute approximate surface area is 169 Å². The number of hydrogen-bond acceptors (Lipinski definition) is 5. The summed E-state index contributed by atoms with van der Waals surface area (Å²) < 4.78 is 43.7. The maximum Gasteiger partial charge on any atom is 0.348 e. The Bertz CT molecular complexity index is 1230. The van der Waals surface area contributed by atoms with Crippen LogP contribution in [-0.2, 0) is 5.92 Å². The first-order valence-corrected chi connectivity index (χ1v) is 9.52. The van der Waals surface area contributed by atoms with Crippen molar-refractivity contribution in [3.63, 3.8) is 0 Å². The Morgan fingerprint density at radius 1 is 1.10 bits per heavy atom. The smallest absolute Gasteiger partial charge is 0.260 e. The third-order valence-corrected chi connectivity index (χ3v) is 5.15. The van der Waals surface area contributed by atoms with Gasteiger partial charge >= 0.3 is 5.92 Å². The third kappa shape index (κ3) is 3.16. The quantitative estimate of drug-likeness (QED) is 0.522. The van der Waals surface area contributed by atoms with Gasteiger partial charge in [-0.3, -0.25) is 10.4 Å². The average molecular weight is 410 g/mol. The number of rotatable bonds is 5. The summed E-state index contributed by atoms with van der Waals surface area (Å²) in [4.78, 5) is 13.4. The van der Waals surface area contributed by atoms with Gasteiger partial charge in [0.15, 0.2) is 5.82 Å². The van der Waals surface area contributed by atoms with E-state index in [0.29, 0.717) is 16.8 Å². The van der Waals surface area contributed by atoms with Crippen LogP contribution >= 0.6 is 0 Å². The summed E-state index contributed by atoms with van der Waals surface area (Å²) >= 11 is 0. The molecule has 1 saturated carbocycles. The zero-order valence-electron chi connectivity index (χ0n) is 16.0. The van der Waals surface area contributed by atoms with E-state index < -0.39 is 23.3 Å². The molecule has 1 aliphatic carbocycles. The molecular formula is C21H17F3N6. The number of aryl methyl sites for hydroxylation is 1. The molecule has 1 fully saturated rings. The first-order chi connectivity index (χ1) is 14.4. The topological polar surface area (TPSA) is 68.5 Å². The second-order valence-electron chi connectivity index (χ2n) is 7.35. The van der Waals surface area contributed by atoms with E-state index in [0.717, 1.165) is 42.4 Å². The van der Waals surface area contributed by atoms with E-state index in [2.05, 4.69) is 25.5 Å². The number of aromatic nitrogens is 5. The maximum atomic E-state index is 15.3. The van der Waals surface area contributed by atoms with Crippen LogP contribution in [0.4, 0.5) is 19.0 Å². The standard InChI is InChI=1S/C21H17F3N6/c1-12-9-10-26-30(12)29-19-16-4-2-3-15(13-5-6-13)18(16)27-20(28-19)21(23,24)17-8-7-14(22)11-25-17/h2-4,7-11,13H,5-6H2,1H3,(H,27,28,29). The average Bonchev–Trinajstić information content (AvgIpc) is 3.50. The first kappa shape index (κ1) is 18.5. The molecule has 1 aromatic carbocycles. The number of fused-ring (bicyclic) bond motifs is 1. The normalized spacial score (nSPS) is 14.3. The van der Waals surface area contributed by atoms with Crippen molar-refractivity contribution in [3.8, 4) is 0 Å². The largest absolute Gasteiger partial charge is 0.348 e. The van der Waals surface area contributed by atoms with Crippen LogP contribution in [0.2, 0.25) is 0 Å². The van der Waals surface area contributed by atoms with Crippen LogP contribution in [0.25, 0.3) is 10.9 Å². The summed E-state index contributed by atoms with van der Waals surface area (Å²) in [5.74, 6) is -4.48. The molecule has 0 saturated heterocycles. The number of hydrogen-bond donors (Lipinski definition) is 1. The zero-order chi connectivity index (χ0) is 20.9. The van der Waals surface area contributed by atoms with E-state index in [-0.39, 0.29) is 5.82 Å². The number of benzene rings is 1. The number of anilines is 1. The van der Waals surface area contributed by atoms with E-state index in [1.54, 1.807) is 18.3 Å². The van der Waals surface area contributed by atoms with E-state index >= 15 is 8.78 Å². The second kappa shape index (κ2) is 6.79. The number of halogens is 3. The van der Waals surface area contributed by atoms with Crippen molar-refractivity contribution in [1.82, 2.24) is 24.8 Å². The first-order valence-electron chi connectivity index (χ1n) is 9.52. The lowest BCUT2D eigenvalue weighted by Crippen LogP contribution is -2.23. The number of nitrogens with zero attached hydrogens (tertiary/aromatic N) is 5. The maximum absolute atomic E-state index is 15.3. The van der Waals surface area contributed by atoms with Crippen molar-refractivity contribution in [2.75, 3.05) is 5.43 Å². The highest BCUT2D eigenvalue weighted by molar-refractivity contribution is 5.91. The highest BCUT2D eigenvalue weighted by atomic mass is 19.3. The van der Waals surface area contributed by atoms with Crippen LogP contribution < -0.4 is 5.43 Å². The van der Waals surface area contributed by atoms with Crippen molar-refractivity contribution in [1.29, 1.82) is 0 Å². The summed E-state index contributed by atoms with van der Waals surface area (Å²) in [6, 6.07) is 9.25. The summed E-state index contributed by atoms with van der Waals surface area (Å²) in [6.07, 6.45) is 4.34. The molecule has 30 heavy (non-hydrogen) atoms. The monoisotopic (exact) mass is 410 g/mol. The number of pyridine rings is 1. The minimum atomic E-state index is -3.60. The third-order valence-electron chi connectivity index (χ3n) is 5.15. The lowest BCUT2D eigenvalue weighted by Gasteiger charge is -2.18. The molecule has 0 spiro atoms. The molecule has 0 atom stereocenters. The van der Waals surface area contributed by atoms with Gasteiger partial charge in [-0.1, -0.05) is 12.1 Å². The van der Waals surface area contributed by atoms with Gasteiger partial charge in [-0.15, -0.1) is 0 Å². The van der Waals surface area contributed by atoms with Gasteiger partial charge in [0.1, 0.15) is 11.5 Å². The van der Waals surface area contributed by atoms with E-state index in [4.69, 9.17) is 0 Å². The zero-order valence-corrected chi connectivity index (χ0v) is 16.0. The molecule has 1 aliphatic rings. The number of nitrogens with one attached hydrogen (secondary N) is 1. The molecule has 0 bridgehead atoms. The Hall–Kier alpha value is -3.49. The van der Waals surface area contributed by atoms with Gasteiger partial charge in [0.2, 0.25) is 5.82 Å². The van der Waals surface area contributed by atoms with Crippen LogP contribution in [0.3, 0.4) is 0 Å². The molecule has 1 N–H and O–H groups in total. The van der Waals surface area contributed by atoms with Gasteiger partial charge in [-0.05, 0) is 55.5 Å². The fourth-order valence-corrected chi connectivity index (χ4v) is 3.39. The van der Waals surface area contributed by atoms with E-state index in [1.165, 1.54) is 4.79 Å². The van der Waals surface area contributed by atoms with Gasteiger partial charge in [0.25, 0.3) is 0 Å². The Morgan fingerprint density at radius 3 is 2.60 bits per heavy atom. The minimum absolute atomic E-state index is 0.214. The number of alkyl halides is 2. The van der Waals surface area contributed by atoms with E-state index in [9.17, 15) is 4.39 Å². The summed E-state index contributed by atoms with van der Waals surface area (Å²) in [6.45, 7) is 1.83. The summed E-state index contributed by atoms with van der Waals surface area (Å²) in [5.41, 5.74) is 4.55. The Balaban J connectivity index is 1.71. The molecule has 4 aromatic rings. The van der Waals surface area contributed by atoms with Crippen LogP contribution in [-0.4, -0.2) is 24.8 Å². The molecule has 0 aliphatic heterocycles. The van der Waals surface area contributed by atoms with Gasteiger partial charge in [0.05, 0.1) is 23.6 Å². The summed E-state index contributed by atoms with van der Waals surface area (Å²) in [5, 5.41) is 4.78. The predicted molar refractivity (Wildman–Crippen MR) is 105 cm³/mol. The van der Waals surface area contributed by atoms with Gasteiger partial charge in [-0.2, -0.15) is 18.7 Å². The fraction of sp³-hybridized carbons (Fsp3) is 0.238. The van der Waals surface area contributed by atoms with Crippen molar-refractivity contribution in [3.05, 3.63) is 77.4 Å². The van der Waals surface area contributed by atoms with Crippen molar-refractivity contribution in [2.24, 2.45) is 0 Å². The van der Waals surface area contributed by atoms with Crippen molar-refractivity contribution < 1.29 is 13.2 Å². The van der Waals surface area contributed by atoms with Crippen molar-refractivity contribution >= 4 is 16.7 Å². The Kier molecular flexibility index (Phi) is 4.19. The molecule has 3 aromatic heterocycles. The van der Waals surface area contributed by atoms with Crippen molar-refractivity contribution in [2.45, 2.75) is 31.6 Å². The van der Waals surface area contributed by atoms with Crippen LogP contribution in [0, 0.1) is 12.7 Å². The summed E-state index contributed by atoms with van der Waals surface area (Å²) in [7, 11) is 0. The lowest BCUT2D eigenvalue weighted by atomic mass is 10.1. The van der Waals surface area contributed by atoms with Gasteiger partial charge in [-0.25, -0.2) is 14.4 Å². The molecular weight excluding hydrogens is 393 g/mol. The molecule has 3 heterocycles. The molecule has 0 amide bonds. The minimum Gasteiger partial charge on any atom is -0.260 e. The van der Waals surface area contributed by atoms with Gasteiger partial charge < -0.3 is 0 Å². The SMILES string of the molecule is Cc1ccnn1Nc1nc(C(F)(F)c2ccc(F)cn2)nc2c(C3CC3)cccc12. The molecule has 5 rings (SSSR count). The van der Waals surface area contributed by atoms with Crippen LogP contribution in [0.1, 0.15) is 41.5 Å². The molecule has 0 radical (unpaired) electrons. The predicted octanol–water partition coefficient (Wildman–Crippen LogP) is 4.56. The molecule has 6 nitrogen and oxygen atoms in total. The Morgan fingerprint density at radius 2 is 1.93 bits per heavy atom. The highest BCUT2D eigenvalue weighted by Gasteiger charge is 2.40. The fourth-order valence-electron chi connectivity index (χ4n) is 3.39. The molecule has 152 valence electrons. The molecule has 0 unspecified atom stereocenters. The number of para-hydroxylation sites is 1. The second-order valence-corrected chi connectivity index (χ2v) is 7.35. The van der Waals surface area contributed by atoms with Crippen LogP contribution in [0.5, 0.6) is 0 Å². The van der Waals surface area contributed by atoms with E-state index in [1.807, 2.05) is 19.1 Å². The lowest BCUT2D eigenvalue weighted by molar-refractivity contribution is 0.0285. The molecule has 9 heteroatoms. The van der Waals surface area contributed by atoms with Gasteiger partial charge in [0, 0.05) is 5.39 Å². The highest BCUT2D eigenvalue weighted by Crippen LogP contribution is 2.44. The van der Waals surface area contributed by atoms with Crippen LogP contribution in [0.15, 0.2) is 48.8 Å².